The van der Waals surface area contributed by atoms with Crippen molar-refractivity contribution in [3.63, 3.8) is 0 Å². The van der Waals surface area contributed by atoms with E-state index in [-0.39, 0.29) is 17.9 Å². The van der Waals surface area contributed by atoms with Gasteiger partial charge in [0.25, 0.3) is 5.56 Å². The highest BCUT2D eigenvalue weighted by Crippen LogP contribution is 2.33. The summed E-state index contributed by atoms with van der Waals surface area (Å²) in [5.74, 6) is -0.291. The normalized spacial score (nSPS) is 11.2. The van der Waals surface area contributed by atoms with Crippen LogP contribution < -0.4 is 11.3 Å². The summed E-state index contributed by atoms with van der Waals surface area (Å²) in [6.07, 6.45) is 1.75. The van der Waals surface area contributed by atoms with Crippen molar-refractivity contribution < 1.29 is 4.39 Å². The van der Waals surface area contributed by atoms with Crippen molar-refractivity contribution in [1.29, 1.82) is 0 Å². The molecular weight excluding hydrogens is 333 g/mol. The first-order valence-corrected chi connectivity index (χ1v) is 8.08. The van der Waals surface area contributed by atoms with Crippen molar-refractivity contribution in [1.82, 2.24) is 20.0 Å². The molecule has 0 atom stereocenters. The number of aromatic nitrogens is 4. The second-order valence-corrected chi connectivity index (χ2v) is 6.00. The summed E-state index contributed by atoms with van der Waals surface area (Å²) in [6, 6.07) is 11.8. The summed E-state index contributed by atoms with van der Waals surface area (Å²) in [7, 11) is 1.83. The molecule has 2 heterocycles. The largest absolute Gasteiger partial charge is 0.325 e. The average Bonchev–Trinajstić information content (AvgIpc) is 3.04. The molecule has 3 N–H and O–H groups in total. The maximum atomic E-state index is 13.3. The van der Waals surface area contributed by atoms with Crippen LogP contribution in [0.3, 0.4) is 0 Å². The molecule has 0 saturated heterocycles. The SMILES string of the molecule is Cn1ncc(-c2ccc3c(=O)[nH]nc(CN)c3c2)c1-c1ccc(F)cc1. The minimum Gasteiger partial charge on any atom is -0.325 e. The fourth-order valence-corrected chi connectivity index (χ4v) is 3.14. The van der Waals surface area contributed by atoms with Crippen LogP contribution in [0.25, 0.3) is 33.2 Å². The maximum Gasteiger partial charge on any atom is 0.272 e. The van der Waals surface area contributed by atoms with E-state index in [9.17, 15) is 9.18 Å². The molecule has 0 unspecified atom stereocenters. The number of benzene rings is 2. The highest BCUT2D eigenvalue weighted by atomic mass is 19.1. The predicted octanol–water partition coefficient (Wildman–Crippen LogP) is 2.59. The molecule has 0 aliphatic heterocycles. The van der Waals surface area contributed by atoms with E-state index in [4.69, 9.17) is 5.73 Å². The molecule has 7 heteroatoms. The van der Waals surface area contributed by atoms with Gasteiger partial charge in [-0.05, 0) is 42.0 Å². The number of hydrogen-bond donors (Lipinski definition) is 2. The molecular formula is C19H16FN5O. The molecule has 2 aromatic heterocycles. The fraction of sp³-hybridized carbons (Fsp3) is 0.105. The van der Waals surface area contributed by atoms with Gasteiger partial charge < -0.3 is 5.73 Å². The lowest BCUT2D eigenvalue weighted by atomic mass is 9.98. The Morgan fingerprint density at radius 2 is 1.85 bits per heavy atom. The molecule has 0 bridgehead atoms. The Bertz CT molecular complexity index is 1160. The van der Waals surface area contributed by atoms with Crippen molar-refractivity contribution >= 4 is 10.8 Å². The Kier molecular flexibility index (Phi) is 3.85. The first-order chi connectivity index (χ1) is 12.6. The van der Waals surface area contributed by atoms with Crippen LogP contribution in [0.15, 0.2) is 53.5 Å². The molecule has 130 valence electrons. The molecule has 2 aromatic carbocycles. The van der Waals surface area contributed by atoms with Crippen LogP contribution in [0.4, 0.5) is 4.39 Å². The van der Waals surface area contributed by atoms with Crippen molar-refractivity contribution in [3.8, 4) is 22.4 Å². The summed E-state index contributed by atoms with van der Waals surface area (Å²) >= 11 is 0. The molecule has 0 radical (unpaired) electrons. The third-order valence-corrected chi connectivity index (χ3v) is 4.43. The average molecular weight is 349 g/mol. The standard InChI is InChI=1S/C19H16FN5O/c1-25-18(11-2-5-13(20)6-3-11)16(10-22-25)12-4-7-14-15(8-12)17(9-21)23-24-19(14)26/h2-8,10H,9,21H2,1H3,(H,24,26). The lowest BCUT2D eigenvalue weighted by molar-refractivity contribution is 0.628. The molecule has 26 heavy (non-hydrogen) atoms. The van der Waals surface area contributed by atoms with E-state index in [1.165, 1.54) is 12.1 Å². The van der Waals surface area contributed by atoms with Crippen LogP contribution in [0.1, 0.15) is 5.69 Å². The molecule has 0 spiro atoms. The summed E-state index contributed by atoms with van der Waals surface area (Å²) in [6.45, 7) is 0.217. The third-order valence-electron chi connectivity index (χ3n) is 4.43. The van der Waals surface area contributed by atoms with Crippen LogP contribution >= 0.6 is 0 Å². The van der Waals surface area contributed by atoms with Gasteiger partial charge in [-0.15, -0.1) is 0 Å². The Morgan fingerprint density at radius 1 is 1.12 bits per heavy atom. The van der Waals surface area contributed by atoms with Crippen molar-refractivity contribution in [2.45, 2.75) is 6.54 Å². The van der Waals surface area contributed by atoms with E-state index in [1.54, 1.807) is 29.1 Å². The van der Waals surface area contributed by atoms with E-state index >= 15 is 0 Å². The summed E-state index contributed by atoms with van der Waals surface area (Å²) in [4.78, 5) is 12.0. The maximum absolute atomic E-state index is 13.3. The van der Waals surface area contributed by atoms with Gasteiger partial charge in [0.05, 0.1) is 23.0 Å². The lowest BCUT2D eigenvalue weighted by Crippen LogP contribution is -2.13. The third kappa shape index (κ3) is 2.58. The molecule has 0 amide bonds. The molecule has 0 fully saturated rings. The first-order valence-electron chi connectivity index (χ1n) is 8.08. The van der Waals surface area contributed by atoms with Crippen LogP contribution in [0.5, 0.6) is 0 Å². The van der Waals surface area contributed by atoms with Crippen LogP contribution in [0, 0.1) is 5.82 Å². The van der Waals surface area contributed by atoms with E-state index < -0.39 is 0 Å². The highest BCUT2D eigenvalue weighted by molar-refractivity contribution is 5.91. The second-order valence-electron chi connectivity index (χ2n) is 6.00. The number of aryl methyl sites for hydroxylation is 1. The summed E-state index contributed by atoms with van der Waals surface area (Å²) in [5.41, 5.74) is 9.59. The quantitative estimate of drug-likeness (QED) is 0.595. The second kappa shape index (κ2) is 6.20. The zero-order valence-electron chi connectivity index (χ0n) is 14.0. The van der Waals surface area contributed by atoms with Crippen LogP contribution in [0.2, 0.25) is 0 Å². The van der Waals surface area contributed by atoms with Crippen molar-refractivity contribution in [3.05, 3.63) is 70.5 Å². The number of rotatable bonds is 3. The number of aromatic amines is 1. The Hall–Kier alpha value is -3.32. The number of fused-ring (bicyclic) bond motifs is 1. The van der Waals surface area contributed by atoms with Crippen molar-refractivity contribution in [2.75, 3.05) is 0 Å². The molecule has 0 aliphatic rings. The molecule has 0 saturated carbocycles. The zero-order valence-corrected chi connectivity index (χ0v) is 14.0. The van der Waals surface area contributed by atoms with Gasteiger partial charge in [-0.3, -0.25) is 9.48 Å². The lowest BCUT2D eigenvalue weighted by Gasteiger charge is -2.09. The zero-order chi connectivity index (χ0) is 18.3. The Labute approximate surface area is 148 Å². The van der Waals surface area contributed by atoms with E-state index in [2.05, 4.69) is 15.3 Å². The topological polar surface area (TPSA) is 89.6 Å². The minimum absolute atomic E-state index is 0.217. The number of nitrogens with zero attached hydrogens (tertiary/aromatic N) is 3. The van der Waals surface area contributed by atoms with Gasteiger partial charge in [0.15, 0.2) is 0 Å². The monoisotopic (exact) mass is 349 g/mol. The van der Waals surface area contributed by atoms with Gasteiger partial charge in [0.1, 0.15) is 5.82 Å². The molecule has 4 aromatic rings. The number of halogens is 1. The van der Waals surface area contributed by atoms with Crippen LogP contribution in [-0.2, 0) is 13.6 Å². The molecule has 0 aliphatic carbocycles. The number of nitrogens with one attached hydrogen (secondary N) is 1. The summed E-state index contributed by atoms with van der Waals surface area (Å²) < 4.78 is 15.0. The van der Waals surface area contributed by atoms with E-state index in [1.807, 2.05) is 19.2 Å². The van der Waals surface area contributed by atoms with E-state index in [0.717, 1.165) is 22.4 Å². The van der Waals surface area contributed by atoms with Gasteiger partial charge in [-0.2, -0.15) is 10.2 Å². The number of hydrogen-bond acceptors (Lipinski definition) is 4. The van der Waals surface area contributed by atoms with Crippen molar-refractivity contribution in [2.24, 2.45) is 12.8 Å². The minimum atomic E-state index is -0.291. The fourth-order valence-electron chi connectivity index (χ4n) is 3.14. The van der Waals surface area contributed by atoms with Gasteiger partial charge in [-0.1, -0.05) is 6.07 Å². The van der Waals surface area contributed by atoms with Crippen LogP contribution in [-0.4, -0.2) is 20.0 Å². The predicted molar refractivity (Wildman–Crippen MR) is 97.9 cm³/mol. The first kappa shape index (κ1) is 16.2. The van der Waals surface area contributed by atoms with Gasteiger partial charge in [0.2, 0.25) is 0 Å². The van der Waals surface area contributed by atoms with Gasteiger partial charge in [-0.25, -0.2) is 9.49 Å². The van der Waals surface area contributed by atoms with Gasteiger partial charge in [0, 0.05) is 30.1 Å². The smallest absolute Gasteiger partial charge is 0.272 e. The number of H-pyrrole nitrogens is 1. The Morgan fingerprint density at radius 3 is 2.58 bits per heavy atom. The summed E-state index contributed by atoms with van der Waals surface area (Å²) in [5, 5.41) is 12.1. The molecule has 6 nitrogen and oxygen atoms in total. The highest BCUT2D eigenvalue weighted by Gasteiger charge is 2.15. The van der Waals surface area contributed by atoms with Gasteiger partial charge >= 0.3 is 0 Å². The Balaban J connectivity index is 1.94. The molecule has 4 rings (SSSR count). The number of nitrogens with two attached hydrogens (primary N) is 1. The van der Waals surface area contributed by atoms with E-state index in [0.29, 0.717) is 16.5 Å².